The van der Waals surface area contributed by atoms with E-state index in [4.69, 9.17) is 17.3 Å². The SMILES string of the molecule is Cc1nc(Cl)c(-c2ccc(N)cc2)[nH]1. The van der Waals surface area contributed by atoms with Crippen molar-refractivity contribution in [3.8, 4) is 11.3 Å². The fourth-order valence-electron chi connectivity index (χ4n) is 1.30. The molecule has 0 aliphatic carbocycles. The molecule has 0 amide bonds. The molecule has 0 radical (unpaired) electrons. The lowest BCUT2D eigenvalue weighted by Crippen LogP contribution is -1.84. The van der Waals surface area contributed by atoms with Crippen LogP contribution in [-0.4, -0.2) is 9.97 Å². The molecule has 1 aromatic carbocycles. The summed E-state index contributed by atoms with van der Waals surface area (Å²) < 4.78 is 0. The lowest BCUT2D eigenvalue weighted by Gasteiger charge is -1.98. The van der Waals surface area contributed by atoms with Gasteiger partial charge in [0.1, 0.15) is 5.82 Å². The minimum atomic E-state index is 0.493. The number of benzene rings is 1. The van der Waals surface area contributed by atoms with E-state index in [1.165, 1.54) is 0 Å². The van der Waals surface area contributed by atoms with Gasteiger partial charge in [0.15, 0.2) is 5.15 Å². The highest BCUT2D eigenvalue weighted by molar-refractivity contribution is 6.31. The smallest absolute Gasteiger partial charge is 0.155 e. The zero-order valence-electron chi connectivity index (χ0n) is 7.71. The van der Waals surface area contributed by atoms with Crippen molar-refractivity contribution in [2.45, 2.75) is 6.92 Å². The molecular weight excluding hydrogens is 198 g/mol. The van der Waals surface area contributed by atoms with Crippen LogP contribution >= 0.6 is 11.6 Å². The topological polar surface area (TPSA) is 54.7 Å². The standard InChI is InChI=1S/C10H10ClN3/c1-6-13-9(10(11)14-6)7-2-4-8(12)5-3-7/h2-5H,12H2,1H3,(H,13,14). The first-order chi connectivity index (χ1) is 6.66. The van der Waals surface area contributed by atoms with Gasteiger partial charge in [-0.2, -0.15) is 0 Å². The first kappa shape index (κ1) is 9.09. The van der Waals surface area contributed by atoms with Crippen LogP contribution in [0.4, 0.5) is 5.69 Å². The molecule has 72 valence electrons. The van der Waals surface area contributed by atoms with E-state index in [9.17, 15) is 0 Å². The monoisotopic (exact) mass is 207 g/mol. The first-order valence-electron chi connectivity index (χ1n) is 4.25. The van der Waals surface area contributed by atoms with Crippen LogP contribution in [0, 0.1) is 6.92 Å². The van der Waals surface area contributed by atoms with Crippen molar-refractivity contribution in [2.75, 3.05) is 5.73 Å². The van der Waals surface area contributed by atoms with Gasteiger partial charge in [0.2, 0.25) is 0 Å². The molecule has 0 saturated heterocycles. The molecule has 0 atom stereocenters. The van der Waals surface area contributed by atoms with E-state index in [2.05, 4.69) is 9.97 Å². The number of nitrogens with two attached hydrogens (primary N) is 1. The van der Waals surface area contributed by atoms with Gasteiger partial charge in [-0.1, -0.05) is 23.7 Å². The van der Waals surface area contributed by atoms with Crippen LogP contribution in [0.2, 0.25) is 5.15 Å². The lowest BCUT2D eigenvalue weighted by molar-refractivity contribution is 1.15. The molecule has 3 N–H and O–H groups in total. The predicted octanol–water partition coefficient (Wildman–Crippen LogP) is 2.62. The average Bonchev–Trinajstić information content (AvgIpc) is 2.47. The second kappa shape index (κ2) is 3.35. The third kappa shape index (κ3) is 1.59. The number of nitrogens with one attached hydrogen (secondary N) is 1. The number of imidazole rings is 1. The van der Waals surface area contributed by atoms with Gasteiger partial charge in [-0.15, -0.1) is 0 Å². The summed E-state index contributed by atoms with van der Waals surface area (Å²) in [6.45, 7) is 1.87. The Kier molecular flexibility index (Phi) is 2.17. The molecule has 14 heavy (non-hydrogen) atoms. The Morgan fingerprint density at radius 3 is 2.43 bits per heavy atom. The summed E-state index contributed by atoms with van der Waals surface area (Å²) in [6.07, 6.45) is 0. The van der Waals surface area contributed by atoms with Gasteiger partial charge in [0.25, 0.3) is 0 Å². The minimum Gasteiger partial charge on any atom is -0.399 e. The Morgan fingerprint density at radius 1 is 1.29 bits per heavy atom. The Morgan fingerprint density at radius 2 is 1.93 bits per heavy atom. The number of rotatable bonds is 1. The molecule has 0 bridgehead atoms. The van der Waals surface area contributed by atoms with Crippen LogP contribution in [-0.2, 0) is 0 Å². The van der Waals surface area contributed by atoms with Gasteiger partial charge in [0, 0.05) is 11.3 Å². The summed E-state index contributed by atoms with van der Waals surface area (Å²) in [5.74, 6) is 0.807. The van der Waals surface area contributed by atoms with Crippen molar-refractivity contribution >= 4 is 17.3 Å². The summed E-state index contributed by atoms with van der Waals surface area (Å²) in [5, 5.41) is 0.493. The van der Waals surface area contributed by atoms with Crippen molar-refractivity contribution < 1.29 is 0 Å². The van der Waals surface area contributed by atoms with Crippen molar-refractivity contribution in [3.63, 3.8) is 0 Å². The number of aromatic amines is 1. The summed E-state index contributed by atoms with van der Waals surface area (Å²) in [7, 11) is 0. The number of halogens is 1. The number of hydrogen-bond acceptors (Lipinski definition) is 2. The molecule has 0 aliphatic rings. The Labute approximate surface area is 86.9 Å². The summed E-state index contributed by atoms with van der Waals surface area (Å²) in [5.41, 5.74) is 8.15. The second-order valence-electron chi connectivity index (χ2n) is 3.11. The zero-order valence-corrected chi connectivity index (χ0v) is 8.47. The third-order valence-corrected chi connectivity index (χ3v) is 2.25. The van der Waals surface area contributed by atoms with E-state index in [1.54, 1.807) is 0 Å². The van der Waals surface area contributed by atoms with Crippen molar-refractivity contribution in [2.24, 2.45) is 0 Å². The summed E-state index contributed by atoms with van der Waals surface area (Å²) in [6, 6.07) is 7.49. The third-order valence-electron chi connectivity index (χ3n) is 1.98. The molecule has 1 aromatic heterocycles. The molecule has 2 aromatic rings. The van der Waals surface area contributed by atoms with Gasteiger partial charge in [-0.25, -0.2) is 4.98 Å². The normalized spacial score (nSPS) is 10.4. The second-order valence-corrected chi connectivity index (χ2v) is 3.47. The maximum Gasteiger partial charge on any atom is 0.155 e. The summed E-state index contributed by atoms with van der Waals surface area (Å²) >= 11 is 5.95. The Balaban J connectivity index is 2.49. The fourth-order valence-corrected chi connectivity index (χ4v) is 1.59. The van der Waals surface area contributed by atoms with Gasteiger partial charge >= 0.3 is 0 Å². The Bertz CT molecular complexity index is 445. The van der Waals surface area contributed by atoms with E-state index < -0.39 is 0 Å². The highest BCUT2D eigenvalue weighted by atomic mass is 35.5. The van der Waals surface area contributed by atoms with Crippen LogP contribution in [0.5, 0.6) is 0 Å². The molecule has 0 fully saturated rings. The molecular formula is C10H10ClN3. The number of aromatic nitrogens is 2. The largest absolute Gasteiger partial charge is 0.399 e. The van der Waals surface area contributed by atoms with E-state index in [-0.39, 0.29) is 0 Å². The van der Waals surface area contributed by atoms with Gasteiger partial charge in [-0.3, -0.25) is 0 Å². The van der Waals surface area contributed by atoms with Gasteiger partial charge < -0.3 is 10.7 Å². The van der Waals surface area contributed by atoms with Crippen LogP contribution in [0.1, 0.15) is 5.82 Å². The molecule has 0 unspecified atom stereocenters. The molecule has 0 spiro atoms. The van der Waals surface area contributed by atoms with E-state index in [0.29, 0.717) is 5.15 Å². The van der Waals surface area contributed by atoms with E-state index >= 15 is 0 Å². The highest BCUT2D eigenvalue weighted by Gasteiger charge is 2.07. The molecule has 3 nitrogen and oxygen atoms in total. The fraction of sp³-hybridized carbons (Fsp3) is 0.100. The Hall–Kier alpha value is -1.48. The highest BCUT2D eigenvalue weighted by Crippen LogP contribution is 2.25. The average molecular weight is 208 g/mol. The van der Waals surface area contributed by atoms with Crippen LogP contribution < -0.4 is 5.73 Å². The number of nitrogens with zero attached hydrogens (tertiary/aromatic N) is 1. The number of nitrogen functional groups attached to an aromatic ring is 1. The lowest BCUT2D eigenvalue weighted by atomic mass is 10.1. The molecule has 0 saturated carbocycles. The van der Waals surface area contributed by atoms with E-state index in [0.717, 1.165) is 22.8 Å². The maximum absolute atomic E-state index is 5.95. The van der Waals surface area contributed by atoms with Crippen molar-refractivity contribution in [1.29, 1.82) is 0 Å². The van der Waals surface area contributed by atoms with Crippen LogP contribution in [0.15, 0.2) is 24.3 Å². The molecule has 1 heterocycles. The van der Waals surface area contributed by atoms with Crippen molar-refractivity contribution in [3.05, 3.63) is 35.2 Å². The minimum absolute atomic E-state index is 0.493. The molecule has 0 aliphatic heterocycles. The number of hydrogen-bond donors (Lipinski definition) is 2. The quantitative estimate of drug-likeness (QED) is 0.707. The number of H-pyrrole nitrogens is 1. The van der Waals surface area contributed by atoms with Crippen LogP contribution in [0.3, 0.4) is 0 Å². The van der Waals surface area contributed by atoms with Crippen LogP contribution in [0.25, 0.3) is 11.3 Å². The summed E-state index contributed by atoms with van der Waals surface area (Å²) in [4.78, 5) is 7.18. The zero-order chi connectivity index (χ0) is 10.1. The maximum atomic E-state index is 5.95. The predicted molar refractivity (Wildman–Crippen MR) is 58.2 cm³/mol. The van der Waals surface area contributed by atoms with Crippen molar-refractivity contribution in [1.82, 2.24) is 9.97 Å². The van der Waals surface area contributed by atoms with E-state index in [1.807, 2.05) is 31.2 Å². The van der Waals surface area contributed by atoms with Gasteiger partial charge in [-0.05, 0) is 19.1 Å². The molecule has 4 heteroatoms. The van der Waals surface area contributed by atoms with Gasteiger partial charge in [0.05, 0.1) is 5.69 Å². The first-order valence-corrected chi connectivity index (χ1v) is 4.62. The molecule has 2 rings (SSSR count). The number of anilines is 1. The number of aryl methyl sites for hydroxylation is 1.